The first-order valence-electron chi connectivity index (χ1n) is 17.9. The molecule has 1 aromatic carbocycles. The van der Waals surface area contributed by atoms with Gasteiger partial charge >= 0.3 is 5.97 Å². The quantitative estimate of drug-likeness (QED) is 0.110. The average Bonchev–Trinajstić information content (AvgIpc) is 3.71. The number of esters is 1. The molecule has 1 saturated carbocycles. The van der Waals surface area contributed by atoms with Crippen molar-refractivity contribution >= 4 is 39.6 Å². The van der Waals surface area contributed by atoms with Gasteiger partial charge in [-0.25, -0.2) is 0 Å². The van der Waals surface area contributed by atoms with E-state index in [9.17, 15) is 24.3 Å². The maximum atomic E-state index is 14.8. The lowest BCUT2D eigenvalue weighted by Crippen LogP contribution is -2.58. The van der Waals surface area contributed by atoms with Crippen molar-refractivity contribution in [2.75, 3.05) is 26.7 Å². The van der Waals surface area contributed by atoms with Crippen LogP contribution >= 0.6 is 15.9 Å². The van der Waals surface area contributed by atoms with Crippen LogP contribution in [-0.4, -0.2) is 105 Å². The number of aliphatic hydroxyl groups is 1. The van der Waals surface area contributed by atoms with Crippen molar-refractivity contribution in [1.29, 1.82) is 0 Å². The summed E-state index contributed by atoms with van der Waals surface area (Å²) in [5.41, 5.74) is -0.486. The van der Waals surface area contributed by atoms with E-state index in [1.807, 2.05) is 42.2 Å². The van der Waals surface area contributed by atoms with E-state index >= 15 is 0 Å². The highest BCUT2D eigenvalue weighted by Gasteiger charge is 2.77. The summed E-state index contributed by atoms with van der Waals surface area (Å²) in [6.07, 6.45) is 9.16. The second-order valence-corrected chi connectivity index (χ2v) is 15.2. The highest BCUT2D eigenvalue weighted by molar-refractivity contribution is 9.09. The molecule has 1 aliphatic carbocycles. The molecule has 1 aromatic rings. The summed E-state index contributed by atoms with van der Waals surface area (Å²) in [5, 5.41) is 9.55. The van der Waals surface area contributed by atoms with Crippen molar-refractivity contribution in [2.45, 2.75) is 112 Å². The number of carbonyl (C=O) groups excluding carboxylic acids is 4. The van der Waals surface area contributed by atoms with Crippen LogP contribution in [0, 0.1) is 11.8 Å². The smallest absolute Gasteiger partial charge is 0.313 e. The fraction of sp³-hybridized carbons (Fsp3) is 0.632. The predicted molar refractivity (Wildman–Crippen MR) is 189 cm³/mol. The minimum Gasteiger partial charge on any atom is -0.455 e. The summed E-state index contributed by atoms with van der Waals surface area (Å²) in [7, 11) is 1.70. The first kappa shape index (κ1) is 37.2. The second-order valence-electron chi connectivity index (χ2n) is 14.0. The summed E-state index contributed by atoms with van der Waals surface area (Å²) < 4.78 is 13.1. The van der Waals surface area contributed by atoms with Gasteiger partial charge in [0.15, 0.2) is 0 Å². The van der Waals surface area contributed by atoms with Gasteiger partial charge in [0, 0.05) is 44.0 Å². The molecule has 5 rings (SSSR count). The molecule has 1 spiro atoms. The maximum absolute atomic E-state index is 14.8. The molecule has 4 aliphatic rings. The number of aliphatic hydroxyl groups excluding tert-OH is 1. The van der Waals surface area contributed by atoms with Crippen LogP contribution in [0.15, 0.2) is 55.6 Å². The van der Waals surface area contributed by atoms with Crippen LogP contribution < -0.4 is 0 Å². The third-order valence-electron chi connectivity index (χ3n) is 11.1. The van der Waals surface area contributed by atoms with E-state index in [2.05, 4.69) is 29.1 Å². The molecule has 3 aliphatic heterocycles. The number of unbranched alkanes of at least 4 members (excludes halogenated alkanes) is 1. The monoisotopic (exact) mass is 741 g/mol. The van der Waals surface area contributed by atoms with Crippen LogP contribution in [0.3, 0.4) is 0 Å². The Morgan fingerprint density at radius 3 is 2.51 bits per heavy atom. The van der Waals surface area contributed by atoms with Crippen LogP contribution in [0.2, 0.25) is 0 Å². The van der Waals surface area contributed by atoms with E-state index < -0.39 is 47.7 Å². The van der Waals surface area contributed by atoms with Gasteiger partial charge in [0.25, 0.3) is 0 Å². The highest BCUT2D eigenvalue weighted by atomic mass is 79.9. The van der Waals surface area contributed by atoms with Crippen LogP contribution in [0.1, 0.15) is 82.8 Å². The van der Waals surface area contributed by atoms with Crippen LogP contribution in [0.25, 0.3) is 0 Å². The van der Waals surface area contributed by atoms with Gasteiger partial charge < -0.3 is 29.3 Å². The number of allylic oxidation sites excluding steroid dienone is 1. The number of likely N-dealkylation sites (N-methyl/N-ethyl adjacent to an activating group) is 1. The summed E-state index contributed by atoms with van der Waals surface area (Å²) >= 11 is 3.77. The molecule has 268 valence electrons. The summed E-state index contributed by atoms with van der Waals surface area (Å²) in [5.74, 6) is -3.00. The number of ether oxygens (including phenoxy) is 2. The molecular weight excluding hydrogens is 690 g/mol. The topological polar surface area (TPSA) is 117 Å². The average molecular weight is 743 g/mol. The zero-order valence-corrected chi connectivity index (χ0v) is 30.5. The molecule has 10 nitrogen and oxygen atoms in total. The number of halogens is 1. The molecule has 2 bridgehead atoms. The minimum absolute atomic E-state index is 0.0273. The molecule has 4 fully saturated rings. The molecule has 3 amide bonds. The molecule has 0 aromatic heterocycles. The van der Waals surface area contributed by atoms with E-state index in [1.54, 1.807) is 29.0 Å². The second kappa shape index (κ2) is 16.3. The van der Waals surface area contributed by atoms with Crippen LogP contribution in [0.5, 0.6) is 0 Å². The van der Waals surface area contributed by atoms with E-state index in [1.165, 1.54) is 0 Å². The summed E-state index contributed by atoms with van der Waals surface area (Å²) in [4.78, 5) is 61.7. The van der Waals surface area contributed by atoms with Crippen molar-refractivity contribution in [3.05, 3.63) is 61.2 Å². The van der Waals surface area contributed by atoms with Gasteiger partial charge in [0.05, 0.1) is 24.0 Å². The molecule has 1 N–H and O–H groups in total. The third-order valence-corrected chi connectivity index (χ3v) is 11.9. The highest BCUT2D eigenvalue weighted by Crippen LogP contribution is 2.60. The van der Waals surface area contributed by atoms with Gasteiger partial charge in [-0.3, -0.25) is 19.2 Å². The van der Waals surface area contributed by atoms with Crippen molar-refractivity contribution < 1.29 is 33.8 Å². The Kier molecular flexibility index (Phi) is 12.4. The van der Waals surface area contributed by atoms with Crippen molar-refractivity contribution in [3.8, 4) is 0 Å². The zero-order chi connectivity index (χ0) is 35.3. The number of hydrogen-bond acceptors (Lipinski definition) is 7. The largest absolute Gasteiger partial charge is 0.455 e. The Balaban J connectivity index is 1.48. The van der Waals surface area contributed by atoms with E-state index in [0.29, 0.717) is 32.2 Å². The van der Waals surface area contributed by atoms with Gasteiger partial charge in [-0.05, 0) is 51.0 Å². The fourth-order valence-corrected chi connectivity index (χ4v) is 9.49. The van der Waals surface area contributed by atoms with Gasteiger partial charge in [-0.15, -0.1) is 13.2 Å². The normalized spacial score (nSPS) is 28.9. The lowest BCUT2D eigenvalue weighted by atomic mass is 9.70. The van der Waals surface area contributed by atoms with Crippen LogP contribution in [-0.2, 0) is 28.7 Å². The van der Waals surface area contributed by atoms with E-state index in [0.717, 1.165) is 37.7 Å². The number of carbonyl (C=O) groups is 4. The molecule has 49 heavy (non-hydrogen) atoms. The summed E-state index contributed by atoms with van der Waals surface area (Å²) in [6.45, 7) is 10.1. The number of fused-ring (bicyclic) bond motifs is 1. The Hall–Kier alpha value is -3.02. The van der Waals surface area contributed by atoms with Crippen LogP contribution in [0.4, 0.5) is 0 Å². The number of rotatable bonds is 16. The molecule has 3 saturated heterocycles. The fourth-order valence-electron chi connectivity index (χ4n) is 8.54. The number of alkyl halides is 1. The number of nitrogens with zero attached hydrogens (tertiary/aromatic N) is 3. The van der Waals surface area contributed by atoms with E-state index in [-0.39, 0.29) is 48.2 Å². The van der Waals surface area contributed by atoms with Crippen molar-refractivity contribution in [1.82, 2.24) is 14.7 Å². The van der Waals surface area contributed by atoms with Gasteiger partial charge in [0.2, 0.25) is 17.7 Å². The summed E-state index contributed by atoms with van der Waals surface area (Å²) in [6, 6.07) is 7.93. The lowest BCUT2D eigenvalue weighted by Gasteiger charge is -2.41. The number of hydrogen-bond donors (Lipinski definition) is 1. The SMILES string of the molecule is C=CCCC(=O)N(C)[C@H](C)[C@H](OC(=O)[C@H]1[C@@H]2O[C@@]3(CC2Br)[C@@H]1C(=O)N(CCCCO)[C@@H]3C(=O)N(CC=C)C1CCCCC1)c1ccccc1. The maximum Gasteiger partial charge on any atom is 0.313 e. The van der Waals surface area contributed by atoms with Crippen molar-refractivity contribution in [2.24, 2.45) is 11.8 Å². The first-order chi connectivity index (χ1) is 23.6. The third kappa shape index (κ3) is 7.26. The minimum atomic E-state index is -1.21. The number of likely N-dealkylation sites (tertiary alicyclic amines) is 1. The van der Waals surface area contributed by atoms with E-state index in [4.69, 9.17) is 9.47 Å². The number of amides is 3. The molecule has 1 unspecified atom stereocenters. The van der Waals surface area contributed by atoms with Gasteiger partial charge in [0.1, 0.15) is 17.7 Å². The van der Waals surface area contributed by atoms with Crippen molar-refractivity contribution in [3.63, 3.8) is 0 Å². The Morgan fingerprint density at radius 2 is 1.86 bits per heavy atom. The Morgan fingerprint density at radius 1 is 1.14 bits per heavy atom. The molecule has 11 heteroatoms. The Labute approximate surface area is 299 Å². The molecule has 8 atom stereocenters. The zero-order valence-electron chi connectivity index (χ0n) is 28.9. The first-order valence-corrected chi connectivity index (χ1v) is 18.8. The predicted octanol–water partition coefficient (Wildman–Crippen LogP) is 4.95. The lowest BCUT2D eigenvalue weighted by molar-refractivity contribution is -0.164. The Bertz CT molecular complexity index is 1370. The molecular formula is C38H52BrN3O7. The van der Waals surface area contributed by atoms with Gasteiger partial charge in [-0.1, -0.05) is 77.7 Å². The standard InChI is InChI=1S/C38H52BrN3O7/c1-5-7-20-29(44)40(4)25(3)32(26-16-10-8-11-17-26)48-37(47)30-31-35(45)42(22-14-15-23-43)34(38(31)24-28(39)33(30)49-38)36(46)41(21-6-2)27-18-12-9-13-19-27/h5-6,8,10-11,16-17,25,27-28,30-34,43H,1-2,7,9,12-15,18-24H2,3-4H3/t25-,28?,30-,31+,32+,33-,34-,38+/m1/s1. The van der Waals surface area contributed by atoms with Gasteiger partial charge in [-0.2, -0.15) is 0 Å². The molecule has 3 heterocycles. The number of benzene rings is 1. The molecule has 0 radical (unpaired) electrons.